The standard InChI is InChI=1S/C20H25N7OS/c1-2-8-29-20-23-18(22-14-9-13(14)12-6-4-3-5-7-12)17-19(24-20)27(26-25-17)15-10-21-11-16(15)28/h3-7,13-16,21,28H,2,8-11H2,1H3,(H,22,23,24)/t13-,14+,15+,16+/m0/s1. The third-order valence-corrected chi connectivity index (χ3v) is 6.60. The minimum absolute atomic E-state index is 0.162. The Morgan fingerprint density at radius 1 is 1.24 bits per heavy atom. The third-order valence-electron chi connectivity index (χ3n) is 5.54. The molecule has 3 aromatic rings. The van der Waals surface area contributed by atoms with Gasteiger partial charge in [0.05, 0.1) is 12.1 Å². The van der Waals surface area contributed by atoms with Gasteiger partial charge in [-0.15, -0.1) is 5.10 Å². The number of hydrogen-bond donors (Lipinski definition) is 3. The molecule has 0 radical (unpaired) electrons. The number of rotatable bonds is 7. The first-order valence-corrected chi connectivity index (χ1v) is 11.2. The molecule has 152 valence electrons. The molecule has 4 atom stereocenters. The van der Waals surface area contributed by atoms with Gasteiger partial charge in [0.1, 0.15) is 0 Å². The van der Waals surface area contributed by atoms with Gasteiger partial charge in [-0.3, -0.25) is 0 Å². The van der Waals surface area contributed by atoms with Crippen LogP contribution in [0.3, 0.4) is 0 Å². The average molecular weight is 412 g/mol. The lowest BCUT2D eigenvalue weighted by Gasteiger charge is -2.14. The zero-order valence-corrected chi connectivity index (χ0v) is 17.1. The molecule has 29 heavy (non-hydrogen) atoms. The van der Waals surface area contributed by atoms with Crippen LogP contribution in [0.5, 0.6) is 0 Å². The first-order chi connectivity index (χ1) is 14.2. The molecule has 3 heterocycles. The molecule has 0 spiro atoms. The van der Waals surface area contributed by atoms with Crippen LogP contribution >= 0.6 is 11.8 Å². The minimum atomic E-state index is -0.496. The lowest BCUT2D eigenvalue weighted by molar-refractivity contribution is 0.145. The second kappa shape index (κ2) is 7.89. The molecule has 1 aliphatic carbocycles. The quantitative estimate of drug-likeness (QED) is 0.402. The molecule has 5 rings (SSSR count). The van der Waals surface area contributed by atoms with Gasteiger partial charge in [-0.25, -0.2) is 14.6 Å². The van der Waals surface area contributed by atoms with Crippen LogP contribution < -0.4 is 10.6 Å². The normalized spacial score (nSPS) is 26.1. The summed E-state index contributed by atoms with van der Waals surface area (Å²) in [5.74, 6) is 2.18. The first-order valence-electron chi connectivity index (χ1n) is 10.2. The number of nitrogens with zero attached hydrogens (tertiary/aromatic N) is 5. The molecular weight excluding hydrogens is 386 g/mol. The van der Waals surface area contributed by atoms with Gasteiger partial charge in [-0.2, -0.15) is 0 Å². The summed E-state index contributed by atoms with van der Waals surface area (Å²) in [4.78, 5) is 9.48. The number of aromatic nitrogens is 5. The Balaban J connectivity index is 1.46. The second-order valence-corrected chi connectivity index (χ2v) is 8.77. The maximum Gasteiger partial charge on any atom is 0.191 e. The molecule has 1 aliphatic heterocycles. The molecule has 3 N–H and O–H groups in total. The molecule has 0 bridgehead atoms. The zero-order chi connectivity index (χ0) is 19.8. The molecule has 1 saturated heterocycles. The fourth-order valence-electron chi connectivity index (χ4n) is 3.89. The second-order valence-electron chi connectivity index (χ2n) is 7.71. The molecule has 2 aliphatic rings. The van der Waals surface area contributed by atoms with E-state index in [1.54, 1.807) is 16.4 Å². The number of nitrogens with one attached hydrogen (secondary N) is 2. The van der Waals surface area contributed by atoms with Crippen molar-refractivity contribution in [3.8, 4) is 0 Å². The number of fused-ring (bicyclic) bond motifs is 1. The van der Waals surface area contributed by atoms with Gasteiger partial charge in [0.2, 0.25) is 0 Å². The number of anilines is 1. The fraction of sp³-hybridized carbons (Fsp3) is 0.500. The summed E-state index contributed by atoms with van der Waals surface area (Å²) in [6.45, 7) is 3.36. The van der Waals surface area contributed by atoms with E-state index in [2.05, 4.69) is 52.1 Å². The molecule has 0 amide bonds. The van der Waals surface area contributed by atoms with E-state index in [9.17, 15) is 5.11 Å². The fourth-order valence-corrected chi connectivity index (χ4v) is 4.58. The topological polar surface area (TPSA) is 101 Å². The highest BCUT2D eigenvalue weighted by molar-refractivity contribution is 7.99. The number of aliphatic hydroxyl groups excluding tert-OH is 1. The Morgan fingerprint density at radius 2 is 2.10 bits per heavy atom. The SMILES string of the molecule is CCCSc1nc(N[C@@H]2C[C@H]2c2ccccc2)c2nnn([C@@H]3CNC[C@H]3O)c2n1. The van der Waals surface area contributed by atoms with E-state index in [4.69, 9.17) is 9.97 Å². The molecule has 9 heteroatoms. The van der Waals surface area contributed by atoms with Crippen molar-refractivity contribution in [3.05, 3.63) is 35.9 Å². The highest BCUT2D eigenvalue weighted by atomic mass is 32.2. The van der Waals surface area contributed by atoms with Crippen LogP contribution in [0.15, 0.2) is 35.5 Å². The first kappa shape index (κ1) is 18.8. The van der Waals surface area contributed by atoms with Crippen molar-refractivity contribution in [3.63, 3.8) is 0 Å². The Bertz CT molecular complexity index is 995. The van der Waals surface area contributed by atoms with Crippen molar-refractivity contribution < 1.29 is 5.11 Å². The summed E-state index contributed by atoms with van der Waals surface area (Å²) in [6, 6.07) is 10.7. The average Bonchev–Trinajstić information content (AvgIpc) is 3.17. The van der Waals surface area contributed by atoms with E-state index < -0.39 is 6.10 Å². The van der Waals surface area contributed by atoms with E-state index in [1.165, 1.54) is 5.56 Å². The highest BCUT2D eigenvalue weighted by Crippen LogP contribution is 2.43. The van der Waals surface area contributed by atoms with Crippen LogP contribution in [0.4, 0.5) is 5.82 Å². The smallest absolute Gasteiger partial charge is 0.191 e. The van der Waals surface area contributed by atoms with Gasteiger partial charge in [0.15, 0.2) is 22.1 Å². The van der Waals surface area contributed by atoms with Crippen LogP contribution in [0, 0.1) is 0 Å². The largest absolute Gasteiger partial charge is 0.390 e. The number of benzene rings is 1. The lowest BCUT2D eigenvalue weighted by atomic mass is 10.1. The number of aliphatic hydroxyl groups is 1. The Morgan fingerprint density at radius 3 is 2.86 bits per heavy atom. The summed E-state index contributed by atoms with van der Waals surface area (Å²) in [5, 5.41) is 26.5. The van der Waals surface area contributed by atoms with E-state index in [1.807, 2.05) is 6.07 Å². The predicted octanol–water partition coefficient (Wildman–Crippen LogP) is 2.20. The Labute approximate surface area is 173 Å². The maximum atomic E-state index is 10.3. The lowest BCUT2D eigenvalue weighted by Crippen LogP contribution is -2.23. The number of β-amino-alcohol motifs (C(OH)–C–C–N with tert-alkyl or cyclic N) is 1. The predicted molar refractivity (Wildman–Crippen MR) is 113 cm³/mol. The Hall–Kier alpha value is -2.23. The van der Waals surface area contributed by atoms with Crippen LogP contribution in [0.25, 0.3) is 11.2 Å². The van der Waals surface area contributed by atoms with Crippen LogP contribution in [-0.2, 0) is 0 Å². The molecule has 1 aromatic carbocycles. The summed E-state index contributed by atoms with van der Waals surface area (Å²) < 4.78 is 1.75. The Kier molecular flexibility index (Phi) is 5.11. The monoisotopic (exact) mass is 411 g/mol. The van der Waals surface area contributed by atoms with Crippen molar-refractivity contribution in [2.75, 3.05) is 24.2 Å². The van der Waals surface area contributed by atoms with Crippen molar-refractivity contribution in [2.24, 2.45) is 0 Å². The van der Waals surface area contributed by atoms with Crippen molar-refractivity contribution >= 4 is 28.7 Å². The summed E-state index contributed by atoms with van der Waals surface area (Å²) in [7, 11) is 0. The van der Waals surface area contributed by atoms with E-state index in [0.717, 1.165) is 29.6 Å². The van der Waals surface area contributed by atoms with Gasteiger partial charge < -0.3 is 15.7 Å². The van der Waals surface area contributed by atoms with Crippen molar-refractivity contribution in [1.29, 1.82) is 0 Å². The summed E-state index contributed by atoms with van der Waals surface area (Å²) in [5.41, 5.74) is 2.70. The maximum absolute atomic E-state index is 10.3. The van der Waals surface area contributed by atoms with Crippen LogP contribution in [0.1, 0.15) is 37.3 Å². The molecule has 2 fully saturated rings. The van der Waals surface area contributed by atoms with Gasteiger partial charge in [-0.05, 0) is 18.4 Å². The number of hydrogen-bond acceptors (Lipinski definition) is 8. The highest BCUT2D eigenvalue weighted by Gasteiger charge is 2.39. The third kappa shape index (κ3) is 3.70. The van der Waals surface area contributed by atoms with E-state index in [-0.39, 0.29) is 6.04 Å². The summed E-state index contributed by atoms with van der Waals surface area (Å²) >= 11 is 1.64. The van der Waals surface area contributed by atoms with Crippen LogP contribution in [-0.4, -0.2) is 61.1 Å². The van der Waals surface area contributed by atoms with E-state index >= 15 is 0 Å². The minimum Gasteiger partial charge on any atom is -0.390 e. The molecule has 2 aromatic heterocycles. The molecule has 8 nitrogen and oxygen atoms in total. The van der Waals surface area contributed by atoms with Gasteiger partial charge in [-0.1, -0.05) is 54.2 Å². The molecule has 1 saturated carbocycles. The van der Waals surface area contributed by atoms with Crippen LogP contribution in [0.2, 0.25) is 0 Å². The van der Waals surface area contributed by atoms with Gasteiger partial charge in [0.25, 0.3) is 0 Å². The van der Waals surface area contributed by atoms with Crippen molar-refractivity contribution in [2.45, 2.75) is 49.0 Å². The van der Waals surface area contributed by atoms with Gasteiger partial charge >= 0.3 is 0 Å². The summed E-state index contributed by atoms with van der Waals surface area (Å²) in [6.07, 6.45) is 1.63. The van der Waals surface area contributed by atoms with E-state index in [0.29, 0.717) is 36.2 Å². The molecular formula is C20H25N7OS. The zero-order valence-electron chi connectivity index (χ0n) is 16.3. The van der Waals surface area contributed by atoms with Gasteiger partial charge in [0, 0.05) is 30.8 Å². The van der Waals surface area contributed by atoms with Crippen molar-refractivity contribution in [1.82, 2.24) is 30.3 Å². The number of thioether (sulfide) groups is 1. The molecule has 0 unspecified atom stereocenters.